The second kappa shape index (κ2) is 5.50. The lowest BCUT2D eigenvalue weighted by atomic mass is 10.1. The standard InChI is InChI=1S/C16H10ClF3N2/c17-13-4-1-3-10-7-8-11(9-12(10)13)21-15-6-2-5-14(22-15)16(18,19)20/h1-9H,(H,21,22). The Balaban J connectivity index is 1.95. The van der Waals surface area contributed by atoms with Gasteiger partial charge in [0, 0.05) is 16.1 Å². The highest BCUT2D eigenvalue weighted by molar-refractivity contribution is 6.35. The molecule has 6 heteroatoms. The molecule has 0 aliphatic carbocycles. The number of benzene rings is 2. The molecule has 0 saturated carbocycles. The van der Waals surface area contributed by atoms with E-state index in [9.17, 15) is 13.2 Å². The molecule has 0 aliphatic rings. The molecule has 0 spiro atoms. The molecule has 0 saturated heterocycles. The first-order chi connectivity index (χ1) is 10.4. The van der Waals surface area contributed by atoms with Crippen LogP contribution in [0.2, 0.25) is 5.02 Å². The molecule has 0 amide bonds. The van der Waals surface area contributed by atoms with Gasteiger partial charge in [-0.3, -0.25) is 0 Å². The minimum Gasteiger partial charge on any atom is -0.340 e. The number of pyridine rings is 1. The van der Waals surface area contributed by atoms with Crippen LogP contribution in [0.25, 0.3) is 10.8 Å². The summed E-state index contributed by atoms with van der Waals surface area (Å²) < 4.78 is 38.0. The Kier molecular flexibility index (Phi) is 3.66. The largest absolute Gasteiger partial charge is 0.433 e. The second-order valence-electron chi connectivity index (χ2n) is 4.71. The number of hydrogen-bond donors (Lipinski definition) is 1. The average molecular weight is 323 g/mol. The van der Waals surface area contributed by atoms with Gasteiger partial charge in [-0.05, 0) is 35.7 Å². The van der Waals surface area contributed by atoms with Crippen LogP contribution in [0.4, 0.5) is 24.7 Å². The van der Waals surface area contributed by atoms with Crippen molar-refractivity contribution in [1.82, 2.24) is 4.98 Å². The van der Waals surface area contributed by atoms with Crippen LogP contribution >= 0.6 is 11.6 Å². The number of aromatic nitrogens is 1. The van der Waals surface area contributed by atoms with Crippen molar-refractivity contribution < 1.29 is 13.2 Å². The van der Waals surface area contributed by atoms with Crippen molar-refractivity contribution in [3.8, 4) is 0 Å². The summed E-state index contributed by atoms with van der Waals surface area (Å²) in [5.74, 6) is 0.126. The molecule has 0 fully saturated rings. The van der Waals surface area contributed by atoms with Gasteiger partial charge in [-0.2, -0.15) is 13.2 Å². The maximum atomic E-state index is 12.7. The van der Waals surface area contributed by atoms with Crippen LogP contribution in [0.15, 0.2) is 54.6 Å². The summed E-state index contributed by atoms with van der Waals surface area (Å²) in [4.78, 5) is 3.57. The van der Waals surface area contributed by atoms with Gasteiger partial charge in [0.25, 0.3) is 0 Å². The van der Waals surface area contributed by atoms with Gasteiger partial charge >= 0.3 is 6.18 Å². The van der Waals surface area contributed by atoms with Crippen LogP contribution in [0, 0.1) is 0 Å². The smallest absolute Gasteiger partial charge is 0.340 e. The van der Waals surface area contributed by atoms with Gasteiger partial charge in [-0.25, -0.2) is 4.98 Å². The van der Waals surface area contributed by atoms with Crippen molar-refractivity contribution >= 4 is 33.9 Å². The molecule has 0 atom stereocenters. The first-order valence-corrected chi connectivity index (χ1v) is 6.81. The molecule has 0 radical (unpaired) electrons. The summed E-state index contributed by atoms with van der Waals surface area (Å²) in [6.07, 6.45) is -4.47. The number of nitrogens with one attached hydrogen (secondary N) is 1. The van der Waals surface area contributed by atoms with Gasteiger partial charge in [-0.15, -0.1) is 0 Å². The quantitative estimate of drug-likeness (QED) is 0.659. The van der Waals surface area contributed by atoms with Crippen LogP contribution < -0.4 is 5.32 Å². The van der Waals surface area contributed by atoms with Gasteiger partial charge in [0.1, 0.15) is 11.5 Å². The van der Waals surface area contributed by atoms with E-state index < -0.39 is 11.9 Å². The van der Waals surface area contributed by atoms with E-state index in [1.165, 1.54) is 12.1 Å². The third-order valence-electron chi connectivity index (χ3n) is 3.14. The number of rotatable bonds is 2. The Bertz CT molecular complexity index is 831. The Morgan fingerprint density at radius 1 is 0.955 bits per heavy atom. The summed E-state index contributed by atoms with van der Waals surface area (Å²) in [5.41, 5.74) is -0.316. The maximum Gasteiger partial charge on any atom is 0.433 e. The lowest BCUT2D eigenvalue weighted by Crippen LogP contribution is -2.08. The zero-order valence-electron chi connectivity index (χ0n) is 11.2. The highest BCUT2D eigenvalue weighted by Crippen LogP contribution is 2.30. The summed E-state index contributed by atoms with van der Waals surface area (Å²) in [7, 11) is 0. The van der Waals surface area contributed by atoms with Crippen LogP contribution in [0.1, 0.15) is 5.69 Å². The Morgan fingerprint density at radius 3 is 2.50 bits per heavy atom. The fraction of sp³-hybridized carbons (Fsp3) is 0.0625. The molecule has 112 valence electrons. The molecular formula is C16H10ClF3N2. The fourth-order valence-electron chi connectivity index (χ4n) is 2.12. The van der Waals surface area contributed by atoms with Crippen molar-refractivity contribution in [1.29, 1.82) is 0 Å². The monoisotopic (exact) mass is 322 g/mol. The minimum absolute atomic E-state index is 0.126. The lowest BCUT2D eigenvalue weighted by Gasteiger charge is -2.10. The first-order valence-electron chi connectivity index (χ1n) is 6.43. The van der Waals surface area contributed by atoms with Crippen LogP contribution in [0.5, 0.6) is 0 Å². The van der Waals surface area contributed by atoms with E-state index in [2.05, 4.69) is 10.3 Å². The average Bonchev–Trinajstić information content (AvgIpc) is 2.48. The molecule has 0 unspecified atom stereocenters. The predicted octanol–water partition coefficient (Wildman–Crippen LogP) is 5.65. The molecule has 1 heterocycles. The van der Waals surface area contributed by atoms with E-state index in [4.69, 9.17) is 11.6 Å². The number of halogens is 4. The number of hydrogen-bond acceptors (Lipinski definition) is 2. The highest BCUT2D eigenvalue weighted by atomic mass is 35.5. The predicted molar refractivity (Wildman–Crippen MR) is 81.5 cm³/mol. The Hall–Kier alpha value is -2.27. The lowest BCUT2D eigenvalue weighted by molar-refractivity contribution is -0.141. The van der Waals surface area contributed by atoms with Crippen molar-refractivity contribution in [2.24, 2.45) is 0 Å². The molecule has 3 rings (SSSR count). The van der Waals surface area contributed by atoms with Crippen LogP contribution in [0.3, 0.4) is 0 Å². The topological polar surface area (TPSA) is 24.9 Å². The van der Waals surface area contributed by atoms with E-state index in [1.54, 1.807) is 18.2 Å². The van der Waals surface area contributed by atoms with Gasteiger partial charge in [0.15, 0.2) is 0 Å². The molecule has 3 aromatic rings. The third-order valence-corrected chi connectivity index (χ3v) is 3.47. The zero-order chi connectivity index (χ0) is 15.7. The molecule has 1 N–H and O–H groups in total. The van der Waals surface area contributed by atoms with Crippen LogP contribution in [-0.4, -0.2) is 4.98 Å². The van der Waals surface area contributed by atoms with Crippen molar-refractivity contribution in [2.75, 3.05) is 5.32 Å². The summed E-state index contributed by atoms with van der Waals surface area (Å²) >= 11 is 6.12. The van der Waals surface area contributed by atoms with Crippen molar-refractivity contribution in [2.45, 2.75) is 6.18 Å². The van der Waals surface area contributed by atoms with Crippen molar-refractivity contribution in [3.05, 3.63) is 65.3 Å². The number of alkyl halides is 3. The summed E-state index contributed by atoms with van der Waals surface area (Å²) in [6, 6.07) is 14.6. The van der Waals surface area contributed by atoms with E-state index in [0.29, 0.717) is 10.7 Å². The molecule has 22 heavy (non-hydrogen) atoms. The molecule has 2 aromatic carbocycles. The summed E-state index contributed by atoms with van der Waals surface area (Å²) in [6.45, 7) is 0. The highest BCUT2D eigenvalue weighted by Gasteiger charge is 2.32. The second-order valence-corrected chi connectivity index (χ2v) is 5.11. The summed E-state index contributed by atoms with van der Waals surface area (Å²) in [5, 5.41) is 5.22. The fourth-order valence-corrected chi connectivity index (χ4v) is 2.36. The zero-order valence-corrected chi connectivity index (χ0v) is 11.9. The van der Waals surface area contributed by atoms with E-state index in [0.717, 1.165) is 16.8 Å². The third kappa shape index (κ3) is 2.99. The molecule has 2 nitrogen and oxygen atoms in total. The van der Waals surface area contributed by atoms with Gasteiger partial charge in [0.05, 0.1) is 0 Å². The molecule has 1 aromatic heterocycles. The number of nitrogens with zero attached hydrogens (tertiary/aromatic N) is 1. The number of anilines is 2. The molecule has 0 aliphatic heterocycles. The normalized spacial score (nSPS) is 11.6. The van der Waals surface area contributed by atoms with Gasteiger partial charge in [-0.1, -0.05) is 35.9 Å². The molecular weight excluding hydrogens is 313 g/mol. The first kappa shape index (κ1) is 14.7. The Labute approximate surface area is 129 Å². The van der Waals surface area contributed by atoms with E-state index >= 15 is 0 Å². The van der Waals surface area contributed by atoms with Crippen LogP contribution in [-0.2, 0) is 6.18 Å². The van der Waals surface area contributed by atoms with Crippen molar-refractivity contribution in [3.63, 3.8) is 0 Å². The van der Waals surface area contributed by atoms with Gasteiger partial charge in [0.2, 0.25) is 0 Å². The number of fused-ring (bicyclic) bond motifs is 1. The van der Waals surface area contributed by atoms with E-state index in [1.807, 2.05) is 18.2 Å². The van der Waals surface area contributed by atoms with Gasteiger partial charge < -0.3 is 5.32 Å². The maximum absolute atomic E-state index is 12.7. The van der Waals surface area contributed by atoms with E-state index in [-0.39, 0.29) is 5.82 Å². The molecule has 0 bridgehead atoms. The minimum atomic E-state index is -4.47. The SMILES string of the molecule is FC(F)(F)c1cccc(Nc2ccc3cccc(Cl)c3c2)n1. The Morgan fingerprint density at radius 2 is 1.73 bits per heavy atom.